The van der Waals surface area contributed by atoms with Gasteiger partial charge in [0.1, 0.15) is 5.82 Å². The van der Waals surface area contributed by atoms with Gasteiger partial charge in [-0.3, -0.25) is 10.0 Å². The lowest BCUT2D eigenvalue weighted by Crippen LogP contribution is -2.31. The number of hydrogen-bond acceptors (Lipinski definition) is 3. The number of hydrogen-bond donors (Lipinski definition) is 2. The number of nitrogens with one attached hydrogen (secondary N) is 1. The molecule has 0 fully saturated rings. The minimum Gasteiger partial charge on any atom is -0.377 e. The zero-order chi connectivity index (χ0) is 17.4. The fourth-order valence-corrected chi connectivity index (χ4v) is 2.80. The Bertz CT molecular complexity index is 631. The lowest BCUT2D eigenvalue weighted by atomic mass is 9.85. The summed E-state index contributed by atoms with van der Waals surface area (Å²) in [6.45, 7) is 2.30. The SMILES string of the molecule is CCO[C@H](CC(=O)NO)[C@H](Cc1ccccc1)c1ccc(F)cc1. The summed E-state index contributed by atoms with van der Waals surface area (Å²) < 4.78 is 19.0. The second-order valence-corrected chi connectivity index (χ2v) is 5.58. The number of carbonyl (C=O) groups is 1. The number of benzene rings is 2. The van der Waals surface area contributed by atoms with E-state index in [0.717, 1.165) is 11.1 Å². The van der Waals surface area contributed by atoms with Crippen LogP contribution in [0.5, 0.6) is 0 Å². The molecule has 0 aliphatic carbocycles. The summed E-state index contributed by atoms with van der Waals surface area (Å²) in [5.74, 6) is -0.947. The molecule has 2 aromatic carbocycles. The first kappa shape index (κ1) is 18.1. The van der Waals surface area contributed by atoms with Crippen LogP contribution < -0.4 is 5.48 Å². The van der Waals surface area contributed by atoms with Crippen molar-refractivity contribution in [3.05, 3.63) is 71.5 Å². The average Bonchev–Trinajstić information content (AvgIpc) is 2.61. The van der Waals surface area contributed by atoms with Gasteiger partial charge in [-0.25, -0.2) is 9.87 Å². The van der Waals surface area contributed by atoms with E-state index in [1.54, 1.807) is 17.6 Å². The van der Waals surface area contributed by atoms with E-state index in [2.05, 4.69) is 0 Å². The number of carbonyl (C=O) groups excluding carboxylic acids is 1. The van der Waals surface area contributed by atoms with Gasteiger partial charge in [-0.1, -0.05) is 42.5 Å². The first-order chi connectivity index (χ1) is 11.6. The van der Waals surface area contributed by atoms with Crippen LogP contribution in [-0.4, -0.2) is 23.8 Å². The molecule has 0 aromatic heterocycles. The second kappa shape index (κ2) is 9.15. The van der Waals surface area contributed by atoms with E-state index in [4.69, 9.17) is 9.94 Å². The van der Waals surface area contributed by atoms with E-state index in [1.165, 1.54) is 12.1 Å². The van der Waals surface area contributed by atoms with Gasteiger partial charge in [0.25, 0.3) is 0 Å². The van der Waals surface area contributed by atoms with Crippen LogP contribution in [0.4, 0.5) is 4.39 Å². The Hall–Kier alpha value is -2.24. The van der Waals surface area contributed by atoms with Crippen molar-refractivity contribution in [3.63, 3.8) is 0 Å². The predicted octanol–water partition coefficient (Wildman–Crippen LogP) is 3.45. The highest BCUT2D eigenvalue weighted by atomic mass is 19.1. The fraction of sp³-hybridized carbons (Fsp3) is 0.316. The van der Waals surface area contributed by atoms with Crippen LogP contribution in [0, 0.1) is 5.82 Å². The van der Waals surface area contributed by atoms with Gasteiger partial charge in [-0.15, -0.1) is 0 Å². The van der Waals surface area contributed by atoms with Gasteiger partial charge in [0, 0.05) is 12.5 Å². The first-order valence-electron chi connectivity index (χ1n) is 7.98. The summed E-state index contributed by atoms with van der Waals surface area (Å²) >= 11 is 0. The molecule has 0 radical (unpaired) electrons. The van der Waals surface area contributed by atoms with Crippen LogP contribution in [0.2, 0.25) is 0 Å². The highest BCUT2D eigenvalue weighted by molar-refractivity contribution is 5.75. The van der Waals surface area contributed by atoms with E-state index >= 15 is 0 Å². The molecule has 2 rings (SSSR count). The Labute approximate surface area is 141 Å². The monoisotopic (exact) mass is 331 g/mol. The maximum Gasteiger partial charge on any atom is 0.245 e. The molecular weight excluding hydrogens is 309 g/mol. The average molecular weight is 331 g/mol. The molecule has 2 aromatic rings. The highest BCUT2D eigenvalue weighted by Crippen LogP contribution is 2.28. The molecule has 0 saturated heterocycles. The molecule has 128 valence electrons. The third kappa shape index (κ3) is 5.15. The van der Waals surface area contributed by atoms with Crippen LogP contribution in [0.15, 0.2) is 54.6 Å². The van der Waals surface area contributed by atoms with Crippen LogP contribution >= 0.6 is 0 Å². The lowest BCUT2D eigenvalue weighted by molar-refractivity contribution is -0.132. The van der Waals surface area contributed by atoms with E-state index in [9.17, 15) is 9.18 Å². The minimum atomic E-state index is -0.506. The molecule has 5 heteroatoms. The molecule has 1 amide bonds. The number of halogens is 1. The smallest absolute Gasteiger partial charge is 0.245 e. The minimum absolute atomic E-state index is 0.0270. The van der Waals surface area contributed by atoms with Crippen molar-refractivity contribution in [1.82, 2.24) is 5.48 Å². The molecule has 4 nitrogen and oxygen atoms in total. The third-order valence-corrected chi connectivity index (χ3v) is 3.94. The summed E-state index contributed by atoms with van der Waals surface area (Å²) in [5, 5.41) is 8.83. The molecule has 0 spiro atoms. The van der Waals surface area contributed by atoms with Crippen LogP contribution in [0.3, 0.4) is 0 Å². The van der Waals surface area contributed by atoms with Crippen molar-refractivity contribution >= 4 is 5.91 Å². The van der Waals surface area contributed by atoms with Crippen molar-refractivity contribution in [2.75, 3.05) is 6.61 Å². The number of hydroxylamine groups is 1. The van der Waals surface area contributed by atoms with Crippen molar-refractivity contribution < 1.29 is 19.1 Å². The summed E-state index contributed by atoms with van der Waals surface area (Å²) in [6, 6.07) is 16.1. The van der Waals surface area contributed by atoms with Crippen molar-refractivity contribution in [2.45, 2.75) is 31.8 Å². The van der Waals surface area contributed by atoms with Gasteiger partial charge in [0.15, 0.2) is 0 Å². The Morgan fingerprint density at radius 2 is 1.83 bits per heavy atom. The van der Waals surface area contributed by atoms with Crippen molar-refractivity contribution in [2.24, 2.45) is 0 Å². The van der Waals surface area contributed by atoms with Gasteiger partial charge in [0.2, 0.25) is 5.91 Å². The van der Waals surface area contributed by atoms with E-state index < -0.39 is 12.0 Å². The Kier molecular flexibility index (Phi) is 6.90. The number of amides is 1. The van der Waals surface area contributed by atoms with Gasteiger partial charge >= 0.3 is 0 Å². The topological polar surface area (TPSA) is 58.6 Å². The normalized spacial score (nSPS) is 13.3. The quantitative estimate of drug-likeness (QED) is 0.575. The van der Waals surface area contributed by atoms with E-state index in [0.29, 0.717) is 13.0 Å². The molecule has 2 atom stereocenters. The summed E-state index contributed by atoms with van der Waals surface area (Å²) in [5.41, 5.74) is 3.65. The molecule has 2 N–H and O–H groups in total. The molecule has 0 saturated carbocycles. The maximum absolute atomic E-state index is 13.3. The zero-order valence-electron chi connectivity index (χ0n) is 13.6. The van der Waals surface area contributed by atoms with Gasteiger partial charge in [0.05, 0.1) is 12.5 Å². The highest BCUT2D eigenvalue weighted by Gasteiger charge is 2.26. The lowest BCUT2D eigenvalue weighted by Gasteiger charge is -2.27. The first-order valence-corrected chi connectivity index (χ1v) is 7.98. The third-order valence-electron chi connectivity index (χ3n) is 3.94. The fourth-order valence-electron chi connectivity index (χ4n) is 2.80. The Morgan fingerprint density at radius 3 is 2.42 bits per heavy atom. The molecule has 24 heavy (non-hydrogen) atoms. The number of rotatable bonds is 8. The number of ether oxygens (including phenoxy) is 1. The van der Waals surface area contributed by atoms with Crippen LogP contribution in [0.1, 0.15) is 30.4 Å². The van der Waals surface area contributed by atoms with Gasteiger partial charge < -0.3 is 4.74 Å². The molecule has 0 aliphatic heterocycles. The molecular formula is C19H22FNO3. The zero-order valence-corrected chi connectivity index (χ0v) is 13.6. The van der Waals surface area contributed by atoms with Crippen molar-refractivity contribution in [3.8, 4) is 0 Å². The Balaban J connectivity index is 2.31. The summed E-state index contributed by atoms with van der Waals surface area (Å²) in [7, 11) is 0. The summed E-state index contributed by atoms with van der Waals surface area (Å²) in [4.78, 5) is 11.6. The maximum atomic E-state index is 13.3. The molecule has 0 bridgehead atoms. The molecule has 0 unspecified atom stereocenters. The van der Waals surface area contributed by atoms with Crippen LogP contribution in [-0.2, 0) is 16.0 Å². The standard InChI is InChI=1S/C19H22FNO3/c1-2-24-18(13-19(22)21-23)17(12-14-6-4-3-5-7-14)15-8-10-16(20)11-9-15/h3-11,17-18,23H,2,12-13H2,1H3,(H,21,22)/t17-,18-/m1/s1. The summed E-state index contributed by atoms with van der Waals surface area (Å²) in [6.07, 6.45) is 0.252. The van der Waals surface area contributed by atoms with E-state index in [1.807, 2.05) is 37.3 Å². The second-order valence-electron chi connectivity index (χ2n) is 5.58. The Morgan fingerprint density at radius 1 is 1.17 bits per heavy atom. The van der Waals surface area contributed by atoms with Crippen LogP contribution in [0.25, 0.3) is 0 Å². The van der Waals surface area contributed by atoms with Gasteiger partial charge in [-0.05, 0) is 36.6 Å². The predicted molar refractivity (Wildman–Crippen MR) is 89.2 cm³/mol. The van der Waals surface area contributed by atoms with Gasteiger partial charge in [-0.2, -0.15) is 0 Å². The van der Waals surface area contributed by atoms with Crippen molar-refractivity contribution in [1.29, 1.82) is 0 Å². The molecule has 0 heterocycles. The molecule has 0 aliphatic rings. The largest absolute Gasteiger partial charge is 0.377 e. The van der Waals surface area contributed by atoms with E-state index in [-0.39, 0.29) is 18.2 Å².